The van der Waals surface area contributed by atoms with Gasteiger partial charge in [0.15, 0.2) is 5.65 Å². The number of fused-ring (bicyclic) bond motifs is 1. The Balaban J connectivity index is 1.43. The third kappa shape index (κ3) is 5.06. The zero-order chi connectivity index (χ0) is 23.5. The topological polar surface area (TPSA) is 83.4 Å². The second kappa shape index (κ2) is 9.70. The summed E-state index contributed by atoms with van der Waals surface area (Å²) in [6.07, 6.45) is 2.67. The molecular weight excluding hydrogens is 416 g/mol. The molecule has 8 nitrogen and oxygen atoms in total. The molecule has 1 saturated heterocycles. The predicted molar refractivity (Wildman–Crippen MR) is 129 cm³/mol. The zero-order valence-electron chi connectivity index (χ0n) is 19.8. The molecule has 4 rings (SSSR count). The van der Waals surface area contributed by atoms with Crippen LogP contribution in [0.5, 0.6) is 0 Å². The monoisotopic (exact) mass is 448 g/mol. The standard InChI is InChI=1S/C25H32N6O2/c1-5-18(3)31-24-23(15-26-31)22(14-17(2)27-24)25(33)28-21-8-6-20(7-9-21)16-29-10-12-30(13-11-29)19(4)32/h6-9,14-15,18H,5,10-13,16H2,1-4H3,(H,28,33). The van der Waals surface area contributed by atoms with E-state index in [-0.39, 0.29) is 17.9 Å². The molecule has 1 aliphatic heterocycles. The molecule has 2 amide bonds. The second-order valence-corrected chi connectivity index (χ2v) is 8.83. The maximum absolute atomic E-state index is 13.1. The van der Waals surface area contributed by atoms with Gasteiger partial charge < -0.3 is 10.2 Å². The first-order chi connectivity index (χ1) is 15.9. The highest BCUT2D eigenvalue weighted by Gasteiger charge is 2.19. The largest absolute Gasteiger partial charge is 0.340 e. The van der Waals surface area contributed by atoms with Crippen LogP contribution in [0.4, 0.5) is 5.69 Å². The summed E-state index contributed by atoms with van der Waals surface area (Å²) in [7, 11) is 0. The normalized spacial score (nSPS) is 15.6. The Morgan fingerprint density at radius 3 is 2.45 bits per heavy atom. The van der Waals surface area contributed by atoms with Gasteiger partial charge in [0.2, 0.25) is 5.91 Å². The first-order valence-electron chi connectivity index (χ1n) is 11.6. The first-order valence-corrected chi connectivity index (χ1v) is 11.6. The van der Waals surface area contributed by atoms with Crippen LogP contribution in [0.1, 0.15) is 54.8 Å². The molecule has 0 saturated carbocycles. The van der Waals surface area contributed by atoms with Crippen molar-refractivity contribution in [3.8, 4) is 0 Å². The highest BCUT2D eigenvalue weighted by molar-refractivity contribution is 6.12. The van der Waals surface area contributed by atoms with Gasteiger partial charge in [-0.05, 0) is 44.0 Å². The Bertz CT molecular complexity index is 1150. The lowest BCUT2D eigenvalue weighted by molar-refractivity contribution is -0.130. The Morgan fingerprint density at radius 2 is 1.82 bits per heavy atom. The Hall–Kier alpha value is -3.26. The summed E-state index contributed by atoms with van der Waals surface area (Å²) in [5, 5.41) is 8.27. The quantitative estimate of drug-likeness (QED) is 0.623. The lowest BCUT2D eigenvalue weighted by atomic mass is 10.1. The van der Waals surface area contributed by atoms with Gasteiger partial charge in [0.25, 0.3) is 5.91 Å². The minimum Gasteiger partial charge on any atom is -0.340 e. The number of pyridine rings is 1. The highest BCUT2D eigenvalue weighted by atomic mass is 16.2. The van der Waals surface area contributed by atoms with Crippen LogP contribution < -0.4 is 5.32 Å². The average molecular weight is 449 g/mol. The smallest absolute Gasteiger partial charge is 0.256 e. The van der Waals surface area contributed by atoms with Crippen LogP contribution in [0.3, 0.4) is 0 Å². The zero-order valence-corrected chi connectivity index (χ0v) is 19.8. The fourth-order valence-corrected chi connectivity index (χ4v) is 4.20. The molecule has 174 valence electrons. The summed E-state index contributed by atoms with van der Waals surface area (Å²) in [5.74, 6) is -0.0223. The second-order valence-electron chi connectivity index (χ2n) is 8.83. The lowest BCUT2D eigenvalue weighted by Gasteiger charge is -2.34. The number of amides is 2. The number of nitrogens with one attached hydrogen (secondary N) is 1. The Kier molecular flexibility index (Phi) is 6.74. The minimum absolute atomic E-state index is 0.142. The van der Waals surface area contributed by atoms with E-state index in [2.05, 4.69) is 34.1 Å². The molecule has 0 aliphatic carbocycles. The van der Waals surface area contributed by atoms with Crippen molar-refractivity contribution < 1.29 is 9.59 Å². The number of hydrogen-bond acceptors (Lipinski definition) is 5. The maximum Gasteiger partial charge on any atom is 0.256 e. The summed E-state index contributed by atoms with van der Waals surface area (Å²) in [6.45, 7) is 11.9. The van der Waals surface area contributed by atoms with E-state index in [1.807, 2.05) is 46.8 Å². The first kappa shape index (κ1) is 22.9. The van der Waals surface area contributed by atoms with Gasteiger partial charge in [-0.15, -0.1) is 0 Å². The van der Waals surface area contributed by atoms with Crippen molar-refractivity contribution in [3.63, 3.8) is 0 Å². The van der Waals surface area contributed by atoms with Crippen LogP contribution in [0.2, 0.25) is 0 Å². The molecule has 1 aliphatic rings. The Morgan fingerprint density at radius 1 is 1.12 bits per heavy atom. The van der Waals surface area contributed by atoms with Crippen LogP contribution in [-0.2, 0) is 11.3 Å². The number of carbonyl (C=O) groups excluding carboxylic acids is 2. The Labute approximate surface area is 194 Å². The number of piperazine rings is 1. The van der Waals surface area contributed by atoms with Gasteiger partial charge in [-0.25, -0.2) is 9.67 Å². The summed E-state index contributed by atoms with van der Waals surface area (Å²) in [5.41, 5.74) is 4.05. The van der Waals surface area contributed by atoms with Gasteiger partial charge in [0.05, 0.1) is 23.2 Å². The summed E-state index contributed by atoms with van der Waals surface area (Å²) >= 11 is 0. The molecule has 0 radical (unpaired) electrons. The van der Waals surface area contributed by atoms with Gasteiger partial charge in [-0.1, -0.05) is 19.1 Å². The third-order valence-corrected chi connectivity index (χ3v) is 6.38. The van der Waals surface area contributed by atoms with Gasteiger partial charge >= 0.3 is 0 Å². The molecule has 0 spiro atoms. The van der Waals surface area contributed by atoms with E-state index >= 15 is 0 Å². The summed E-state index contributed by atoms with van der Waals surface area (Å²) in [6, 6.07) is 9.99. The van der Waals surface area contributed by atoms with E-state index in [1.165, 1.54) is 5.56 Å². The molecular formula is C25H32N6O2. The van der Waals surface area contributed by atoms with Crippen LogP contribution in [-0.4, -0.2) is 62.6 Å². The third-order valence-electron chi connectivity index (χ3n) is 6.38. The van der Waals surface area contributed by atoms with Crippen molar-refractivity contribution in [1.29, 1.82) is 0 Å². The molecule has 8 heteroatoms. The molecule has 2 aromatic heterocycles. The lowest BCUT2D eigenvalue weighted by Crippen LogP contribution is -2.47. The van der Waals surface area contributed by atoms with Crippen molar-refractivity contribution in [2.45, 2.75) is 46.7 Å². The molecule has 1 atom stereocenters. The van der Waals surface area contributed by atoms with E-state index in [1.54, 1.807) is 13.1 Å². The van der Waals surface area contributed by atoms with Gasteiger partial charge in [-0.2, -0.15) is 5.10 Å². The molecule has 1 N–H and O–H groups in total. The van der Waals surface area contributed by atoms with E-state index < -0.39 is 0 Å². The number of benzene rings is 1. The average Bonchev–Trinajstić information content (AvgIpc) is 3.23. The summed E-state index contributed by atoms with van der Waals surface area (Å²) < 4.78 is 1.89. The molecule has 1 fully saturated rings. The van der Waals surface area contributed by atoms with Crippen molar-refractivity contribution in [1.82, 2.24) is 24.6 Å². The number of aromatic nitrogens is 3. The SMILES string of the molecule is CCC(C)n1ncc2c(C(=O)Nc3ccc(CN4CCN(C(C)=O)CC4)cc3)cc(C)nc21. The number of hydrogen-bond donors (Lipinski definition) is 1. The number of nitrogens with zero attached hydrogens (tertiary/aromatic N) is 5. The van der Waals surface area contributed by atoms with Crippen molar-refractivity contribution in [3.05, 3.63) is 53.3 Å². The van der Waals surface area contributed by atoms with Crippen LogP contribution in [0.25, 0.3) is 11.0 Å². The number of rotatable bonds is 6. The van der Waals surface area contributed by atoms with Crippen molar-refractivity contribution in [2.24, 2.45) is 0 Å². The molecule has 3 heterocycles. The van der Waals surface area contributed by atoms with Gasteiger partial charge in [-0.3, -0.25) is 14.5 Å². The molecule has 33 heavy (non-hydrogen) atoms. The van der Waals surface area contributed by atoms with E-state index in [9.17, 15) is 9.59 Å². The predicted octanol–water partition coefficient (Wildman–Crippen LogP) is 3.63. The molecule has 1 aromatic carbocycles. The number of aryl methyl sites for hydroxylation is 1. The van der Waals surface area contributed by atoms with Crippen LogP contribution in [0, 0.1) is 6.92 Å². The summed E-state index contributed by atoms with van der Waals surface area (Å²) in [4.78, 5) is 33.5. The van der Waals surface area contributed by atoms with Gasteiger partial charge in [0, 0.05) is 51.0 Å². The fourth-order valence-electron chi connectivity index (χ4n) is 4.20. The van der Waals surface area contributed by atoms with Crippen LogP contribution >= 0.6 is 0 Å². The number of anilines is 1. The van der Waals surface area contributed by atoms with E-state index in [0.717, 1.165) is 61.6 Å². The van der Waals surface area contributed by atoms with Gasteiger partial charge in [0.1, 0.15) is 0 Å². The van der Waals surface area contributed by atoms with Crippen molar-refractivity contribution in [2.75, 3.05) is 31.5 Å². The van der Waals surface area contributed by atoms with Crippen molar-refractivity contribution >= 4 is 28.5 Å². The molecule has 3 aromatic rings. The fraction of sp³-hybridized carbons (Fsp3) is 0.440. The minimum atomic E-state index is -0.165. The van der Waals surface area contributed by atoms with E-state index in [0.29, 0.717) is 5.56 Å². The van der Waals surface area contributed by atoms with Crippen LogP contribution in [0.15, 0.2) is 36.5 Å². The highest BCUT2D eigenvalue weighted by Crippen LogP contribution is 2.23. The van der Waals surface area contributed by atoms with E-state index in [4.69, 9.17) is 0 Å². The molecule has 0 bridgehead atoms. The molecule has 1 unspecified atom stereocenters. The number of carbonyl (C=O) groups is 2. The maximum atomic E-state index is 13.1.